The lowest BCUT2D eigenvalue weighted by Crippen LogP contribution is -2.55. The second-order valence-electron chi connectivity index (χ2n) is 9.46. The topological polar surface area (TPSA) is 116 Å². The van der Waals surface area contributed by atoms with Crippen LogP contribution in [0, 0.1) is 11.0 Å². The van der Waals surface area contributed by atoms with Crippen LogP contribution in [0.4, 0.5) is 35.3 Å². The lowest BCUT2D eigenvalue weighted by atomic mass is 10.0. The van der Waals surface area contributed by atoms with E-state index in [-0.39, 0.29) is 30.0 Å². The van der Waals surface area contributed by atoms with Gasteiger partial charge in [0.15, 0.2) is 10.3 Å². The van der Waals surface area contributed by atoms with Crippen molar-refractivity contribution in [3.05, 3.63) is 23.6 Å². The van der Waals surface area contributed by atoms with Crippen molar-refractivity contribution in [2.24, 2.45) is 5.92 Å². The maximum Gasteiger partial charge on any atom is 0.413 e. The van der Waals surface area contributed by atoms with Crippen LogP contribution in [0.2, 0.25) is 0 Å². The molecule has 2 aliphatic heterocycles. The molecule has 2 saturated heterocycles. The molecule has 3 fully saturated rings. The number of amides is 3. The van der Waals surface area contributed by atoms with Gasteiger partial charge in [-0.25, -0.2) is 23.9 Å². The summed E-state index contributed by atoms with van der Waals surface area (Å²) in [6, 6.07) is 0.646. The van der Waals surface area contributed by atoms with Crippen LogP contribution in [0.3, 0.4) is 0 Å². The number of alkyl halides is 1. The van der Waals surface area contributed by atoms with Crippen LogP contribution < -0.4 is 15.5 Å². The van der Waals surface area contributed by atoms with E-state index in [0.717, 1.165) is 25.6 Å². The van der Waals surface area contributed by atoms with E-state index in [1.807, 2.05) is 0 Å². The molecule has 0 radical (unpaired) electrons. The third kappa shape index (κ3) is 5.19. The molecule has 0 aromatic carbocycles. The molecule has 0 spiro atoms. The SMILES string of the molecule is CN1C[C@@H]2C[C@H]1C[C@H]2OC(=O)Nc1ccnc(N2CC[C@@H](F)[C@@H](N(C)C(=O)Nc3ncc(F)s3)C2)n1. The summed E-state index contributed by atoms with van der Waals surface area (Å²) in [5.74, 6) is 0.942. The van der Waals surface area contributed by atoms with Crippen LogP contribution in [0.5, 0.6) is 0 Å². The molecule has 14 heteroatoms. The maximum atomic E-state index is 14.8. The quantitative estimate of drug-likeness (QED) is 0.616. The minimum absolute atomic E-state index is 0.0962. The molecule has 1 aliphatic carbocycles. The zero-order chi connectivity index (χ0) is 25.4. The van der Waals surface area contributed by atoms with E-state index in [1.54, 1.807) is 11.0 Å². The van der Waals surface area contributed by atoms with Gasteiger partial charge in [-0.3, -0.25) is 10.6 Å². The second kappa shape index (κ2) is 10.1. The number of ether oxygens (including phenoxy) is 1. The van der Waals surface area contributed by atoms with Crippen molar-refractivity contribution in [3.8, 4) is 0 Å². The molecular weight excluding hydrogens is 494 g/mol. The number of rotatable bonds is 5. The molecule has 1 saturated carbocycles. The summed E-state index contributed by atoms with van der Waals surface area (Å²) in [5, 5.41) is 4.72. The molecule has 11 nitrogen and oxygen atoms in total. The largest absolute Gasteiger partial charge is 0.446 e. The summed E-state index contributed by atoms with van der Waals surface area (Å²) in [5.41, 5.74) is 0. The smallest absolute Gasteiger partial charge is 0.413 e. The molecule has 36 heavy (non-hydrogen) atoms. The molecule has 5 atom stereocenters. The lowest BCUT2D eigenvalue weighted by molar-refractivity contribution is 0.0585. The monoisotopic (exact) mass is 522 g/mol. The number of likely N-dealkylation sites (tertiary alicyclic amines) is 1. The predicted molar refractivity (Wildman–Crippen MR) is 129 cm³/mol. The summed E-state index contributed by atoms with van der Waals surface area (Å²) in [4.78, 5) is 42.8. The van der Waals surface area contributed by atoms with Gasteiger partial charge in [-0.05, 0) is 26.0 Å². The number of carbonyl (C=O) groups excluding carboxylic acids is 2. The Morgan fingerprint density at radius 2 is 2.08 bits per heavy atom. The Balaban J connectivity index is 1.19. The van der Waals surface area contributed by atoms with Crippen LogP contribution in [0.15, 0.2) is 18.5 Å². The fourth-order valence-electron chi connectivity index (χ4n) is 5.21. The van der Waals surface area contributed by atoms with Gasteiger partial charge < -0.3 is 19.4 Å². The van der Waals surface area contributed by atoms with Crippen molar-refractivity contribution in [3.63, 3.8) is 0 Å². The molecule has 3 aliphatic rings. The number of hydrogen-bond acceptors (Lipinski definition) is 9. The van der Waals surface area contributed by atoms with Crippen molar-refractivity contribution < 1.29 is 23.1 Å². The first-order valence-electron chi connectivity index (χ1n) is 11.8. The van der Waals surface area contributed by atoms with Gasteiger partial charge in [0.25, 0.3) is 0 Å². The highest BCUT2D eigenvalue weighted by Gasteiger charge is 2.45. The average Bonchev–Trinajstić information content (AvgIpc) is 3.54. The van der Waals surface area contributed by atoms with Crippen molar-refractivity contribution in [2.45, 2.75) is 43.6 Å². The number of aromatic nitrogens is 3. The van der Waals surface area contributed by atoms with E-state index in [2.05, 4.69) is 37.5 Å². The van der Waals surface area contributed by atoms with Gasteiger partial charge in [-0.1, -0.05) is 11.3 Å². The van der Waals surface area contributed by atoms with Gasteiger partial charge in [0.1, 0.15) is 18.1 Å². The Hall–Kier alpha value is -3.13. The number of carbonyl (C=O) groups is 2. The summed E-state index contributed by atoms with van der Waals surface area (Å²) >= 11 is 0.691. The van der Waals surface area contributed by atoms with Crippen LogP contribution >= 0.6 is 11.3 Å². The predicted octanol–water partition coefficient (Wildman–Crippen LogP) is 2.79. The van der Waals surface area contributed by atoms with Gasteiger partial charge in [0.2, 0.25) is 5.95 Å². The van der Waals surface area contributed by atoms with E-state index >= 15 is 0 Å². The second-order valence-corrected chi connectivity index (χ2v) is 10.4. The third-order valence-corrected chi connectivity index (χ3v) is 7.88. The number of hydrogen-bond donors (Lipinski definition) is 2. The molecular formula is C22H28F2N8O3S. The number of fused-ring (bicyclic) bond motifs is 2. The first-order valence-corrected chi connectivity index (χ1v) is 12.6. The number of urea groups is 1. The Kier molecular flexibility index (Phi) is 6.88. The highest BCUT2D eigenvalue weighted by atomic mass is 32.1. The molecule has 4 heterocycles. The number of nitrogens with zero attached hydrogens (tertiary/aromatic N) is 6. The minimum atomic E-state index is -1.26. The van der Waals surface area contributed by atoms with Gasteiger partial charge >= 0.3 is 12.1 Å². The van der Waals surface area contributed by atoms with Crippen molar-refractivity contribution in [2.75, 3.05) is 49.3 Å². The Labute approximate surface area is 210 Å². The van der Waals surface area contributed by atoms with Gasteiger partial charge in [0, 0.05) is 51.3 Å². The zero-order valence-corrected chi connectivity index (χ0v) is 20.8. The van der Waals surface area contributed by atoms with Crippen molar-refractivity contribution >= 4 is 40.4 Å². The summed E-state index contributed by atoms with van der Waals surface area (Å²) < 4.78 is 33.6. The van der Waals surface area contributed by atoms with E-state index in [0.29, 0.717) is 35.8 Å². The number of anilines is 3. The first kappa shape index (κ1) is 24.6. The number of halogens is 2. The van der Waals surface area contributed by atoms with E-state index in [1.165, 1.54) is 18.1 Å². The average molecular weight is 523 g/mol. The van der Waals surface area contributed by atoms with E-state index < -0.39 is 29.5 Å². The molecule has 3 amide bonds. The highest BCUT2D eigenvalue weighted by Crippen LogP contribution is 2.38. The summed E-state index contributed by atoms with van der Waals surface area (Å²) in [6.07, 6.45) is 2.64. The van der Waals surface area contributed by atoms with Crippen molar-refractivity contribution in [1.29, 1.82) is 0 Å². The molecule has 5 rings (SSSR count). The highest BCUT2D eigenvalue weighted by molar-refractivity contribution is 7.14. The molecule has 194 valence electrons. The number of piperidine rings is 2. The standard InChI is InChI=1S/C22H28F2N8O3S/c1-30-10-12-7-13(30)8-16(12)35-22(34)28-18-3-5-25-19(27-18)32-6-4-14(23)15(11-32)31(2)21(33)29-20-26-9-17(24)36-20/h3,5,9,12-16H,4,6-8,10-11H2,1-2H3,(H,26,29,33)(H,25,27,28,34)/t12-,13-,14+,15-,16+/m0/s1. The van der Waals surface area contributed by atoms with Crippen LogP contribution in [-0.4, -0.2) is 95.0 Å². The fraction of sp³-hybridized carbons (Fsp3) is 0.591. The number of nitrogens with one attached hydrogen (secondary N) is 2. The van der Waals surface area contributed by atoms with Crippen LogP contribution in [0.25, 0.3) is 0 Å². The Morgan fingerprint density at radius 1 is 1.25 bits per heavy atom. The molecule has 2 bridgehead atoms. The number of thiazole rings is 1. The summed E-state index contributed by atoms with van der Waals surface area (Å²) in [6.45, 7) is 1.42. The Bertz CT molecular complexity index is 1120. The molecule has 2 aromatic rings. The van der Waals surface area contributed by atoms with Gasteiger partial charge in [-0.15, -0.1) is 0 Å². The molecule has 2 aromatic heterocycles. The van der Waals surface area contributed by atoms with E-state index in [4.69, 9.17) is 4.74 Å². The zero-order valence-electron chi connectivity index (χ0n) is 19.9. The molecule has 2 N–H and O–H groups in total. The van der Waals surface area contributed by atoms with Gasteiger partial charge in [0.05, 0.1) is 12.2 Å². The van der Waals surface area contributed by atoms with Crippen LogP contribution in [-0.2, 0) is 4.74 Å². The minimum Gasteiger partial charge on any atom is -0.446 e. The third-order valence-electron chi connectivity index (χ3n) is 7.17. The van der Waals surface area contributed by atoms with Gasteiger partial charge in [-0.2, -0.15) is 9.37 Å². The van der Waals surface area contributed by atoms with Crippen molar-refractivity contribution in [1.82, 2.24) is 24.8 Å². The number of likely N-dealkylation sites (N-methyl/N-ethyl adjacent to an activating group) is 1. The first-order chi connectivity index (χ1) is 17.3. The maximum absolute atomic E-state index is 14.8. The normalized spacial score (nSPS) is 27.7. The lowest BCUT2D eigenvalue weighted by Gasteiger charge is -2.39. The van der Waals surface area contributed by atoms with Crippen LogP contribution in [0.1, 0.15) is 19.3 Å². The van der Waals surface area contributed by atoms with E-state index in [9.17, 15) is 18.4 Å². The molecule has 0 unspecified atom stereocenters. The fourth-order valence-corrected chi connectivity index (χ4v) is 5.74. The summed E-state index contributed by atoms with van der Waals surface area (Å²) in [7, 11) is 3.56. The Morgan fingerprint density at radius 3 is 2.78 bits per heavy atom.